The molecule has 2 aromatic rings. The Kier molecular flexibility index (Phi) is 5.53. The molecule has 0 saturated carbocycles. The molecule has 0 atom stereocenters. The highest BCUT2D eigenvalue weighted by atomic mass is 32.1. The van der Waals surface area contributed by atoms with Crippen LogP contribution in [-0.2, 0) is 17.8 Å². The van der Waals surface area contributed by atoms with E-state index in [1.807, 2.05) is 43.0 Å². The SMILES string of the molecule is CCCC(=O)N1CCCc2cc(CNC(=O)c3ccc(C)s3)ccc21. The maximum atomic E-state index is 12.3. The third kappa shape index (κ3) is 4.10. The van der Waals surface area contributed by atoms with Gasteiger partial charge in [0, 0.05) is 30.1 Å². The van der Waals surface area contributed by atoms with Gasteiger partial charge >= 0.3 is 0 Å². The molecular weight excluding hydrogens is 332 g/mol. The monoisotopic (exact) mass is 356 g/mol. The second-order valence-corrected chi connectivity index (χ2v) is 7.74. The molecule has 0 unspecified atom stereocenters. The summed E-state index contributed by atoms with van der Waals surface area (Å²) in [4.78, 5) is 28.3. The van der Waals surface area contributed by atoms with Crippen LogP contribution in [0.5, 0.6) is 0 Å². The van der Waals surface area contributed by atoms with Crippen molar-refractivity contribution in [1.29, 1.82) is 0 Å². The number of thiophene rings is 1. The van der Waals surface area contributed by atoms with Crippen LogP contribution in [0.25, 0.3) is 0 Å². The van der Waals surface area contributed by atoms with E-state index in [0.717, 1.165) is 46.8 Å². The summed E-state index contributed by atoms with van der Waals surface area (Å²) in [5.41, 5.74) is 3.31. The van der Waals surface area contributed by atoms with Crippen molar-refractivity contribution in [1.82, 2.24) is 5.32 Å². The summed E-state index contributed by atoms with van der Waals surface area (Å²) in [5.74, 6) is 0.174. The lowest BCUT2D eigenvalue weighted by molar-refractivity contribution is -0.118. The lowest BCUT2D eigenvalue weighted by atomic mass is 9.98. The summed E-state index contributed by atoms with van der Waals surface area (Å²) < 4.78 is 0. The van der Waals surface area contributed by atoms with Gasteiger partial charge in [0.25, 0.3) is 5.91 Å². The average Bonchev–Trinajstić information content (AvgIpc) is 3.05. The largest absolute Gasteiger partial charge is 0.347 e. The molecule has 0 bridgehead atoms. The fourth-order valence-electron chi connectivity index (χ4n) is 3.19. The molecule has 0 spiro atoms. The molecule has 132 valence electrons. The van der Waals surface area contributed by atoms with E-state index in [1.54, 1.807) is 0 Å². The Hall–Kier alpha value is -2.14. The molecule has 1 aromatic carbocycles. The van der Waals surface area contributed by atoms with Crippen molar-refractivity contribution in [3.05, 3.63) is 51.2 Å². The van der Waals surface area contributed by atoms with Crippen LogP contribution in [0, 0.1) is 6.92 Å². The number of fused-ring (bicyclic) bond motifs is 1. The van der Waals surface area contributed by atoms with Gasteiger partial charge in [0.2, 0.25) is 5.91 Å². The van der Waals surface area contributed by atoms with Crippen LogP contribution in [0.3, 0.4) is 0 Å². The summed E-state index contributed by atoms with van der Waals surface area (Å²) in [6.45, 7) is 5.34. The molecule has 25 heavy (non-hydrogen) atoms. The van der Waals surface area contributed by atoms with E-state index in [1.165, 1.54) is 16.9 Å². The molecule has 1 N–H and O–H groups in total. The topological polar surface area (TPSA) is 49.4 Å². The van der Waals surface area contributed by atoms with Gasteiger partial charge in [0.1, 0.15) is 0 Å². The van der Waals surface area contributed by atoms with Gasteiger partial charge in [0.05, 0.1) is 4.88 Å². The standard InChI is InChI=1S/C20H24N2O2S/c1-3-5-19(23)22-11-4-6-16-12-15(8-9-17(16)22)13-21-20(24)18-10-7-14(2)25-18/h7-10,12H,3-6,11,13H2,1-2H3,(H,21,24). The molecule has 0 aliphatic carbocycles. The molecule has 0 saturated heterocycles. The second-order valence-electron chi connectivity index (χ2n) is 6.45. The number of hydrogen-bond donors (Lipinski definition) is 1. The van der Waals surface area contributed by atoms with Crippen LogP contribution in [-0.4, -0.2) is 18.4 Å². The van der Waals surface area contributed by atoms with Crippen molar-refractivity contribution in [2.24, 2.45) is 0 Å². The van der Waals surface area contributed by atoms with Gasteiger partial charge in [-0.1, -0.05) is 19.1 Å². The number of rotatable bonds is 5. The molecule has 4 nitrogen and oxygen atoms in total. The number of hydrogen-bond acceptors (Lipinski definition) is 3. The van der Waals surface area contributed by atoms with Gasteiger partial charge in [0.15, 0.2) is 0 Å². The summed E-state index contributed by atoms with van der Waals surface area (Å²) in [7, 11) is 0. The maximum absolute atomic E-state index is 12.3. The second kappa shape index (κ2) is 7.83. The first-order valence-electron chi connectivity index (χ1n) is 8.85. The number of carbonyl (C=O) groups excluding carboxylic acids is 2. The Balaban J connectivity index is 1.68. The predicted molar refractivity (Wildman–Crippen MR) is 102 cm³/mol. The van der Waals surface area contributed by atoms with Crippen molar-refractivity contribution < 1.29 is 9.59 Å². The number of anilines is 1. The molecule has 1 aromatic heterocycles. The summed E-state index contributed by atoms with van der Waals surface area (Å²) in [6.07, 6.45) is 3.44. The molecule has 0 fully saturated rings. The Morgan fingerprint density at radius 2 is 2.08 bits per heavy atom. The maximum Gasteiger partial charge on any atom is 0.261 e. The lowest BCUT2D eigenvalue weighted by Crippen LogP contribution is -2.35. The number of carbonyl (C=O) groups is 2. The van der Waals surface area contributed by atoms with Gasteiger partial charge in [-0.25, -0.2) is 0 Å². The Bertz CT molecular complexity index is 782. The highest BCUT2D eigenvalue weighted by Crippen LogP contribution is 2.29. The first-order chi connectivity index (χ1) is 12.1. The lowest BCUT2D eigenvalue weighted by Gasteiger charge is -2.30. The number of nitrogens with one attached hydrogen (secondary N) is 1. The zero-order valence-corrected chi connectivity index (χ0v) is 15.6. The molecule has 5 heteroatoms. The Morgan fingerprint density at radius 3 is 2.80 bits per heavy atom. The van der Waals surface area contributed by atoms with E-state index in [4.69, 9.17) is 0 Å². The fraction of sp³-hybridized carbons (Fsp3) is 0.400. The highest BCUT2D eigenvalue weighted by molar-refractivity contribution is 7.13. The highest BCUT2D eigenvalue weighted by Gasteiger charge is 2.22. The van der Waals surface area contributed by atoms with E-state index < -0.39 is 0 Å². The van der Waals surface area contributed by atoms with Crippen LogP contribution in [0.15, 0.2) is 30.3 Å². The zero-order valence-electron chi connectivity index (χ0n) is 14.8. The third-order valence-electron chi connectivity index (χ3n) is 4.44. The number of nitrogens with zero attached hydrogens (tertiary/aromatic N) is 1. The molecular formula is C20H24N2O2S. The Morgan fingerprint density at radius 1 is 1.24 bits per heavy atom. The van der Waals surface area contributed by atoms with Crippen molar-refractivity contribution in [2.45, 2.75) is 46.1 Å². The molecule has 1 aliphatic heterocycles. The predicted octanol–water partition coefficient (Wildman–Crippen LogP) is 4.07. The summed E-state index contributed by atoms with van der Waals surface area (Å²) in [6, 6.07) is 9.98. The average molecular weight is 356 g/mol. The van der Waals surface area contributed by atoms with Crippen LogP contribution < -0.4 is 10.2 Å². The summed E-state index contributed by atoms with van der Waals surface area (Å²) in [5, 5.41) is 2.98. The summed E-state index contributed by atoms with van der Waals surface area (Å²) >= 11 is 1.51. The molecule has 3 rings (SSSR count). The van der Waals surface area contributed by atoms with Crippen LogP contribution in [0.2, 0.25) is 0 Å². The smallest absolute Gasteiger partial charge is 0.261 e. The van der Waals surface area contributed by atoms with Crippen molar-refractivity contribution in [2.75, 3.05) is 11.4 Å². The number of aryl methyl sites for hydroxylation is 2. The molecule has 2 amide bonds. The van der Waals surface area contributed by atoms with E-state index in [9.17, 15) is 9.59 Å². The van der Waals surface area contributed by atoms with Gasteiger partial charge in [-0.15, -0.1) is 11.3 Å². The van der Waals surface area contributed by atoms with Gasteiger partial charge in [-0.05, 0) is 55.5 Å². The molecule has 2 heterocycles. The van der Waals surface area contributed by atoms with E-state index in [-0.39, 0.29) is 11.8 Å². The van der Waals surface area contributed by atoms with E-state index >= 15 is 0 Å². The minimum absolute atomic E-state index is 0.0319. The van der Waals surface area contributed by atoms with Crippen LogP contribution in [0.4, 0.5) is 5.69 Å². The molecule has 1 aliphatic rings. The Labute approximate surface area is 152 Å². The van der Waals surface area contributed by atoms with E-state index in [2.05, 4.69) is 11.4 Å². The zero-order chi connectivity index (χ0) is 17.8. The van der Waals surface area contributed by atoms with Crippen molar-refractivity contribution >= 4 is 28.8 Å². The minimum Gasteiger partial charge on any atom is -0.347 e. The number of benzene rings is 1. The number of amides is 2. The third-order valence-corrected chi connectivity index (χ3v) is 5.44. The van der Waals surface area contributed by atoms with Crippen molar-refractivity contribution in [3.8, 4) is 0 Å². The fourth-order valence-corrected chi connectivity index (χ4v) is 3.98. The van der Waals surface area contributed by atoms with Crippen LogP contribution in [0.1, 0.15) is 51.9 Å². The van der Waals surface area contributed by atoms with Gasteiger partial charge < -0.3 is 10.2 Å². The van der Waals surface area contributed by atoms with Gasteiger partial charge in [-0.3, -0.25) is 9.59 Å². The van der Waals surface area contributed by atoms with Crippen LogP contribution >= 0.6 is 11.3 Å². The molecule has 0 radical (unpaired) electrons. The van der Waals surface area contributed by atoms with E-state index in [0.29, 0.717) is 13.0 Å². The first-order valence-corrected chi connectivity index (χ1v) is 9.67. The van der Waals surface area contributed by atoms with Gasteiger partial charge in [-0.2, -0.15) is 0 Å². The quantitative estimate of drug-likeness (QED) is 0.878. The van der Waals surface area contributed by atoms with Crippen molar-refractivity contribution in [3.63, 3.8) is 0 Å². The minimum atomic E-state index is -0.0319. The normalized spacial score (nSPS) is 13.4. The first kappa shape index (κ1) is 17.7.